The quantitative estimate of drug-likeness (QED) is 0.241. The van der Waals surface area contributed by atoms with Gasteiger partial charge in [-0.15, -0.1) is 0 Å². The molecule has 7 N–H and O–H groups in total. The van der Waals surface area contributed by atoms with Crippen LogP contribution in [-0.2, 0) is 16.0 Å². The third-order valence-corrected chi connectivity index (χ3v) is 4.47. The summed E-state index contributed by atoms with van der Waals surface area (Å²) in [4.78, 5) is 36.7. The van der Waals surface area contributed by atoms with Crippen LogP contribution in [0.25, 0.3) is 0 Å². The molecule has 1 fully saturated rings. The van der Waals surface area contributed by atoms with Crippen molar-refractivity contribution >= 4 is 24.9 Å². The van der Waals surface area contributed by atoms with Crippen molar-refractivity contribution in [2.45, 2.75) is 31.8 Å². The lowest BCUT2D eigenvalue weighted by Gasteiger charge is -2.40. The second-order valence-electron chi connectivity index (χ2n) is 6.72. The zero-order chi connectivity index (χ0) is 22.4. The molecule has 1 aliphatic rings. The molecule has 0 spiro atoms. The van der Waals surface area contributed by atoms with Crippen LogP contribution in [0.2, 0.25) is 7.73 Å². The normalized spacial score (nSPS) is 15.1. The highest BCUT2D eigenvalue weighted by Crippen LogP contribution is 2.34. The number of nitrogens with zero attached hydrogens (tertiary/aromatic N) is 1. The van der Waals surface area contributed by atoms with Crippen molar-refractivity contribution in [3.8, 4) is 11.5 Å². The molecular weight excluding hydrogens is 385 g/mol. The molecule has 1 aromatic rings. The van der Waals surface area contributed by atoms with Crippen molar-refractivity contribution < 1.29 is 40.8 Å². The van der Waals surface area contributed by atoms with E-state index in [1.54, 1.807) is 0 Å². The van der Waals surface area contributed by atoms with E-state index in [4.69, 9.17) is 16.2 Å². The summed E-state index contributed by atoms with van der Waals surface area (Å²) in [5, 5.41) is 40.0. The summed E-state index contributed by atoms with van der Waals surface area (Å²) >= 11 is 0. The van der Waals surface area contributed by atoms with Crippen LogP contribution in [0.4, 0.5) is 0 Å². The lowest BCUT2D eigenvalue weighted by molar-refractivity contribution is -0.143. The van der Waals surface area contributed by atoms with Gasteiger partial charge in [0.1, 0.15) is 30.6 Å². The van der Waals surface area contributed by atoms with Gasteiger partial charge in [0.15, 0.2) is 0 Å². The molecular formula is C17H24BN3O8. The average molecular weight is 410 g/mol. The predicted molar refractivity (Wildman–Crippen MR) is 101 cm³/mol. The Kier molecular flexibility index (Phi) is 6.91. The van der Waals surface area contributed by atoms with E-state index in [0.717, 1.165) is 0 Å². The van der Waals surface area contributed by atoms with Crippen molar-refractivity contribution in [1.29, 1.82) is 0 Å². The molecule has 1 saturated heterocycles. The van der Waals surface area contributed by atoms with Crippen LogP contribution >= 0.6 is 0 Å². The monoisotopic (exact) mass is 410 g/mol. The number of aromatic hydroxyl groups is 1. The van der Waals surface area contributed by atoms with Gasteiger partial charge in [-0.25, -0.2) is 4.79 Å². The predicted octanol–water partition coefficient (Wildman–Crippen LogP) is -1.84. The summed E-state index contributed by atoms with van der Waals surface area (Å²) in [6.45, 7) is 1.63. The first-order chi connectivity index (χ1) is 14.1. The minimum absolute atomic E-state index is 0.0618. The van der Waals surface area contributed by atoms with E-state index in [-0.39, 0.29) is 49.6 Å². The highest BCUT2D eigenvalue weighted by atomic mass is 16.5. The summed E-state index contributed by atoms with van der Waals surface area (Å²) in [5.41, 5.74) is 1.74. The highest BCUT2D eigenvalue weighted by Gasteiger charge is 2.36. The van der Waals surface area contributed by atoms with E-state index >= 15 is 0 Å². The molecule has 0 aliphatic carbocycles. The third-order valence-electron chi connectivity index (χ3n) is 4.47. The van der Waals surface area contributed by atoms with Crippen LogP contribution < -0.4 is 15.8 Å². The fourth-order valence-corrected chi connectivity index (χ4v) is 2.91. The number of nitrogens with two attached hydrogens (primary N) is 1. The number of rotatable bonds is 10. The summed E-state index contributed by atoms with van der Waals surface area (Å²) in [6.07, 6.45) is -0.497. The Bertz CT molecular complexity index is 803. The summed E-state index contributed by atoms with van der Waals surface area (Å²) < 4.78 is 12.4. The average Bonchev–Trinajstić information content (AvgIpc) is 2.62. The zero-order valence-corrected chi connectivity index (χ0v) is 15.8. The molecule has 2 rings (SSSR count). The molecule has 0 unspecified atom stereocenters. The van der Waals surface area contributed by atoms with E-state index in [9.17, 15) is 24.6 Å². The molecule has 12 heteroatoms. The van der Waals surface area contributed by atoms with Crippen LogP contribution in [-0.4, -0.2) is 81.8 Å². The third kappa shape index (κ3) is 5.59. The van der Waals surface area contributed by atoms with Gasteiger partial charge in [-0.1, -0.05) is 6.07 Å². The van der Waals surface area contributed by atoms with E-state index < -0.39 is 42.5 Å². The van der Waals surface area contributed by atoms with Gasteiger partial charge in [0, 0.05) is 0 Å². The number of nitrogens with one attached hydrogen (secondary N) is 1. The molecule has 0 saturated carbocycles. The molecule has 11 nitrogen and oxygen atoms in total. The SMILES string of the molecule is [2H]NCC(=O)N[C@@H](C)C(=O)N1CC(Oc2ccc(CCB(O)O)c(O)c2C(=O)O)C1. The van der Waals surface area contributed by atoms with Gasteiger partial charge < -0.3 is 40.9 Å². The van der Waals surface area contributed by atoms with Crippen molar-refractivity contribution in [2.75, 3.05) is 19.6 Å². The number of carbonyl (C=O) groups is 3. The molecule has 0 bridgehead atoms. The van der Waals surface area contributed by atoms with Crippen LogP contribution in [0.1, 0.15) is 22.8 Å². The summed E-state index contributed by atoms with van der Waals surface area (Å²) in [7, 11) is -1.58. The van der Waals surface area contributed by atoms with Gasteiger partial charge in [-0.05, 0) is 31.3 Å². The number of amides is 2. The first-order valence-corrected chi connectivity index (χ1v) is 8.97. The smallest absolute Gasteiger partial charge is 0.451 e. The second kappa shape index (κ2) is 9.59. The fourth-order valence-electron chi connectivity index (χ4n) is 2.91. The van der Waals surface area contributed by atoms with Crippen molar-refractivity contribution in [3.63, 3.8) is 0 Å². The number of carboxylic acid groups (broad SMARTS) is 1. The van der Waals surface area contributed by atoms with Gasteiger partial charge in [-0.2, -0.15) is 0 Å². The fraction of sp³-hybridized carbons (Fsp3) is 0.471. The summed E-state index contributed by atoms with van der Waals surface area (Å²) in [6, 6.07) is 2.04. The zero-order valence-electron chi connectivity index (χ0n) is 16.8. The minimum Gasteiger partial charge on any atom is -0.507 e. The van der Waals surface area contributed by atoms with Crippen LogP contribution in [0, 0.1) is 0 Å². The van der Waals surface area contributed by atoms with Gasteiger partial charge in [0.2, 0.25) is 11.8 Å². The number of hydrogen-bond donors (Lipinski definition) is 6. The lowest BCUT2D eigenvalue weighted by atomic mass is 9.82. The highest BCUT2D eigenvalue weighted by molar-refractivity contribution is 6.41. The van der Waals surface area contributed by atoms with Crippen LogP contribution in [0.15, 0.2) is 12.1 Å². The Morgan fingerprint density at radius 3 is 2.69 bits per heavy atom. The number of carbonyl (C=O) groups excluding carboxylic acids is 2. The Morgan fingerprint density at radius 2 is 2.10 bits per heavy atom. The standard InChI is InChI=1S/C17H24BN3O8/c1-9(20-13(22)6-19)16(24)21-7-11(8-21)29-12-3-2-10(4-5-18(27)28)15(23)14(12)17(25)26/h2-3,9,11,23,27-28H,4-8,19H2,1H3,(H,20,22)(H,25,26)/t9-/m0/s1/i/hD. The van der Waals surface area contributed by atoms with Gasteiger partial charge in [-0.3, -0.25) is 9.59 Å². The number of aryl methyl sites for hydroxylation is 1. The first-order valence-electron chi connectivity index (χ1n) is 9.47. The largest absolute Gasteiger partial charge is 0.507 e. The van der Waals surface area contributed by atoms with Crippen molar-refractivity contribution in [1.82, 2.24) is 10.2 Å². The number of benzene rings is 1. The molecule has 1 aliphatic heterocycles. The molecule has 1 heterocycles. The number of likely N-dealkylation sites (tertiary alicyclic amines) is 1. The number of carboxylic acids is 1. The molecule has 0 radical (unpaired) electrons. The molecule has 0 aromatic heterocycles. The Balaban J connectivity index is 1.98. The molecule has 29 heavy (non-hydrogen) atoms. The van der Waals surface area contributed by atoms with Gasteiger partial charge >= 0.3 is 13.1 Å². The number of aromatic carboxylic acids is 1. The maximum absolute atomic E-state index is 12.3. The first kappa shape index (κ1) is 20.9. The molecule has 1 aromatic carbocycles. The number of phenols is 1. The number of ether oxygens (including phenoxy) is 1. The topological polar surface area (TPSA) is 183 Å². The van der Waals surface area contributed by atoms with E-state index in [0.29, 0.717) is 0 Å². The Morgan fingerprint density at radius 1 is 1.41 bits per heavy atom. The molecule has 2 amide bonds. The molecule has 158 valence electrons. The van der Waals surface area contributed by atoms with Crippen molar-refractivity contribution in [3.05, 3.63) is 23.3 Å². The molecule has 1 atom stereocenters. The Hall–Kier alpha value is -2.83. The van der Waals surface area contributed by atoms with Crippen LogP contribution in [0.3, 0.4) is 0 Å². The Labute approximate surface area is 168 Å². The lowest BCUT2D eigenvalue weighted by Crippen LogP contribution is -2.60. The number of hydrogen-bond acceptors (Lipinski definition) is 8. The van der Waals surface area contributed by atoms with Gasteiger partial charge in [0.25, 0.3) is 0 Å². The maximum atomic E-state index is 12.3. The maximum Gasteiger partial charge on any atom is 0.451 e. The second-order valence-corrected chi connectivity index (χ2v) is 6.72. The summed E-state index contributed by atoms with van der Waals surface area (Å²) in [5.74, 6) is -2.80. The van der Waals surface area contributed by atoms with Gasteiger partial charge in [0.05, 0.1) is 19.6 Å². The van der Waals surface area contributed by atoms with Crippen LogP contribution in [0.5, 0.6) is 11.5 Å². The van der Waals surface area contributed by atoms with Crippen molar-refractivity contribution in [2.24, 2.45) is 5.73 Å². The van der Waals surface area contributed by atoms with E-state index in [1.807, 2.05) is 5.73 Å². The minimum atomic E-state index is -1.58. The van der Waals surface area contributed by atoms with E-state index in [2.05, 4.69) is 5.32 Å². The van der Waals surface area contributed by atoms with E-state index in [1.165, 1.54) is 24.0 Å².